The smallest absolute Gasteiger partial charge is 0.338 e. The fraction of sp³-hybridized carbons (Fsp3) is 0.200. The predicted molar refractivity (Wildman–Crippen MR) is 125 cm³/mol. The molecule has 0 saturated heterocycles. The van der Waals surface area contributed by atoms with Gasteiger partial charge in [0.25, 0.3) is 0 Å². The van der Waals surface area contributed by atoms with Crippen molar-refractivity contribution in [3.8, 4) is 11.1 Å². The van der Waals surface area contributed by atoms with E-state index in [1.165, 1.54) is 7.11 Å². The van der Waals surface area contributed by atoms with Crippen LogP contribution in [0.2, 0.25) is 5.02 Å². The minimum absolute atomic E-state index is 0.344. The number of benzene rings is 3. The van der Waals surface area contributed by atoms with E-state index in [0.717, 1.165) is 46.4 Å². The summed E-state index contributed by atoms with van der Waals surface area (Å²) in [6.07, 6.45) is 1.84. The number of methoxy groups -OCH3 is 1. The molecular weight excluding hydrogens is 410 g/mol. The predicted octanol–water partition coefficient (Wildman–Crippen LogP) is 5.73. The first kappa shape index (κ1) is 20.9. The molecular formula is C25H24ClN3O2. The molecule has 0 unspecified atom stereocenters. The van der Waals surface area contributed by atoms with E-state index < -0.39 is 0 Å². The molecule has 0 saturated carbocycles. The van der Waals surface area contributed by atoms with E-state index in [2.05, 4.69) is 23.6 Å². The van der Waals surface area contributed by atoms with Gasteiger partial charge in [-0.05, 0) is 41.3 Å². The molecule has 0 amide bonds. The van der Waals surface area contributed by atoms with Crippen LogP contribution in [-0.4, -0.2) is 22.6 Å². The number of hydrogen-bond donors (Lipinski definition) is 1. The topological polar surface area (TPSA) is 70.1 Å². The van der Waals surface area contributed by atoms with Crippen molar-refractivity contribution in [1.82, 2.24) is 9.55 Å². The molecule has 0 aliphatic heterocycles. The van der Waals surface area contributed by atoms with Crippen LogP contribution in [0.3, 0.4) is 0 Å². The third-order valence-electron chi connectivity index (χ3n) is 5.32. The van der Waals surface area contributed by atoms with E-state index in [1.807, 2.05) is 36.4 Å². The molecule has 1 heterocycles. The number of anilines is 1. The Hall–Kier alpha value is -3.31. The molecule has 2 N–H and O–H groups in total. The molecule has 6 heteroatoms. The van der Waals surface area contributed by atoms with Crippen LogP contribution in [0.25, 0.3) is 22.2 Å². The van der Waals surface area contributed by atoms with Gasteiger partial charge in [-0.25, -0.2) is 9.78 Å². The summed E-state index contributed by atoms with van der Waals surface area (Å²) in [6, 6.07) is 19.3. The second kappa shape index (κ2) is 8.82. The molecule has 0 aliphatic carbocycles. The van der Waals surface area contributed by atoms with Crippen LogP contribution in [0, 0.1) is 0 Å². The van der Waals surface area contributed by atoms with Crippen LogP contribution in [0.5, 0.6) is 0 Å². The number of carbonyl (C=O) groups is 1. The first-order chi connectivity index (χ1) is 15.0. The molecule has 4 aromatic rings. The van der Waals surface area contributed by atoms with Gasteiger partial charge in [-0.3, -0.25) is 0 Å². The molecule has 0 radical (unpaired) electrons. The molecule has 0 aliphatic rings. The minimum Gasteiger partial charge on any atom is -0.465 e. The molecule has 0 bridgehead atoms. The number of hydrogen-bond acceptors (Lipinski definition) is 4. The lowest BCUT2D eigenvalue weighted by Crippen LogP contribution is -2.06. The first-order valence-corrected chi connectivity index (χ1v) is 10.6. The normalized spacial score (nSPS) is 11.1. The van der Waals surface area contributed by atoms with Gasteiger partial charge >= 0.3 is 5.97 Å². The van der Waals surface area contributed by atoms with Crippen LogP contribution in [-0.2, 0) is 17.7 Å². The number of esters is 1. The van der Waals surface area contributed by atoms with E-state index in [9.17, 15) is 4.79 Å². The van der Waals surface area contributed by atoms with E-state index in [4.69, 9.17) is 27.1 Å². The Morgan fingerprint density at radius 3 is 2.58 bits per heavy atom. The van der Waals surface area contributed by atoms with Crippen molar-refractivity contribution in [2.75, 3.05) is 12.8 Å². The van der Waals surface area contributed by atoms with Crippen molar-refractivity contribution in [1.29, 1.82) is 0 Å². The zero-order valence-corrected chi connectivity index (χ0v) is 18.3. The quantitative estimate of drug-likeness (QED) is 0.311. The molecule has 0 atom stereocenters. The molecule has 31 heavy (non-hydrogen) atoms. The van der Waals surface area contributed by atoms with Gasteiger partial charge in [0.2, 0.25) is 0 Å². The zero-order valence-electron chi connectivity index (χ0n) is 17.6. The summed E-state index contributed by atoms with van der Waals surface area (Å²) < 4.78 is 7.10. The lowest BCUT2D eigenvalue weighted by Gasteiger charge is -2.12. The third-order valence-corrected chi connectivity index (χ3v) is 5.61. The number of carbonyl (C=O) groups excluding carboxylic acids is 1. The summed E-state index contributed by atoms with van der Waals surface area (Å²) in [5.41, 5.74) is 11.9. The number of aromatic nitrogens is 2. The summed E-state index contributed by atoms with van der Waals surface area (Å²) in [5, 5.41) is 0.570. The van der Waals surface area contributed by atoms with Crippen molar-refractivity contribution in [2.45, 2.75) is 26.3 Å². The van der Waals surface area contributed by atoms with Crippen molar-refractivity contribution in [3.05, 3.63) is 82.6 Å². The Morgan fingerprint density at radius 1 is 1.13 bits per heavy atom. The zero-order chi connectivity index (χ0) is 22.0. The van der Waals surface area contributed by atoms with Crippen LogP contribution >= 0.6 is 11.6 Å². The summed E-state index contributed by atoms with van der Waals surface area (Å²) in [4.78, 5) is 16.9. The molecule has 1 aromatic heterocycles. The number of nitrogens with zero attached hydrogens (tertiary/aromatic N) is 2. The number of nitrogen functional groups attached to an aromatic ring is 1. The average molecular weight is 434 g/mol. The average Bonchev–Trinajstić information content (AvgIpc) is 3.11. The molecule has 0 spiro atoms. The number of nitrogens with two attached hydrogens (primary N) is 1. The van der Waals surface area contributed by atoms with Crippen molar-refractivity contribution in [3.63, 3.8) is 0 Å². The maximum Gasteiger partial charge on any atom is 0.338 e. The van der Waals surface area contributed by atoms with Crippen molar-refractivity contribution in [2.24, 2.45) is 0 Å². The Balaban J connectivity index is 1.70. The fourth-order valence-electron chi connectivity index (χ4n) is 3.84. The molecule has 3 aromatic carbocycles. The third kappa shape index (κ3) is 4.14. The largest absolute Gasteiger partial charge is 0.465 e. The lowest BCUT2D eigenvalue weighted by molar-refractivity contribution is 0.0601. The highest BCUT2D eigenvalue weighted by atomic mass is 35.5. The number of aryl methyl sites for hydroxylation is 1. The van der Waals surface area contributed by atoms with Crippen LogP contribution in [0.1, 0.15) is 35.1 Å². The van der Waals surface area contributed by atoms with Crippen molar-refractivity contribution < 1.29 is 9.53 Å². The maximum atomic E-state index is 12.1. The summed E-state index contributed by atoms with van der Waals surface area (Å²) in [7, 11) is 1.39. The standard InChI is InChI=1S/C25H24ClN3O2/c1-3-6-23-28-24-21(26)13-18(27)14-22(24)29(23)15-16-9-11-17(12-10-16)19-7-4-5-8-20(19)25(30)31-2/h4-5,7-14H,3,6,15,27H2,1-2H3. The van der Waals surface area contributed by atoms with Gasteiger partial charge in [0, 0.05) is 18.7 Å². The number of rotatable bonds is 6. The molecule has 158 valence electrons. The van der Waals surface area contributed by atoms with Gasteiger partial charge in [-0.15, -0.1) is 0 Å². The van der Waals surface area contributed by atoms with Gasteiger partial charge in [0.05, 0.1) is 23.2 Å². The SMILES string of the molecule is CCCc1nc2c(Cl)cc(N)cc2n1Cc1ccc(-c2ccccc2C(=O)OC)cc1. The maximum absolute atomic E-state index is 12.1. The van der Waals surface area contributed by atoms with Gasteiger partial charge in [0.15, 0.2) is 0 Å². The van der Waals surface area contributed by atoms with Gasteiger partial charge < -0.3 is 15.0 Å². The Morgan fingerprint density at radius 2 is 1.87 bits per heavy atom. The Labute approximate surface area is 186 Å². The fourth-order valence-corrected chi connectivity index (χ4v) is 4.10. The summed E-state index contributed by atoms with van der Waals surface area (Å²) in [5.74, 6) is 0.647. The van der Waals surface area contributed by atoms with Gasteiger partial charge in [0.1, 0.15) is 11.3 Å². The van der Waals surface area contributed by atoms with Crippen molar-refractivity contribution >= 4 is 34.3 Å². The highest BCUT2D eigenvalue weighted by Gasteiger charge is 2.15. The highest BCUT2D eigenvalue weighted by molar-refractivity contribution is 6.35. The first-order valence-electron chi connectivity index (χ1n) is 10.2. The van der Waals surface area contributed by atoms with Gasteiger partial charge in [-0.1, -0.05) is 61.0 Å². The summed E-state index contributed by atoms with van der Waals surface area (Å²) in [6.45, 7) is 2.79. The van der Waals surface area contributed by atoms with Gasteiger partial charge in [-0.2, -0.15) is 0 Å². The second-order valence-electron chi connectivity index (χ2n) is 7.47. The summed E-state index contributed by atoms with van der Waals surface area (Å²) >= 11 is 6.40. The van der Waals surface area contributed by atoms with E-state index in [-0.39, 0.29) is 5.97 Å². The highest BCUT2D eigenvalue weighted by Crippen LogP contribution is 2.29. The minimum atomic E-state index is -0.344. The number of fused-ring (bicyclic) bond motifs is 1. The lowest BCUT2D eigenvalue weighted by atomic mass is 9.98. The van der Waals surface area contributed by atoms with E-state index >= 15 is 0 Å². The Kier molecular flexibility index (Phi) is 5.96. The second-order valence-corrected chi connectivity index (χ2v) is 7.88. The van der Waals surface area contributed by atoms with Crippen LogP contribution in [0.15, 0.2) is 60.7 Å². The van der Waals surface area contributed by atoms with Crippen LogP contribution in [0.4, 0.5) is 5.69 Å². The van der Waals surface area contributed by atoms with Crippen LogP contribution < -0.4 is 5.73 Å². The number of halogens is 1. The monoisotopic (exact) mass is 433 g/mol. The van der Waals surface area contributed by atoms with E-state index in [0.29, 0.717) is 22.8 Å². The molecule has 4 rings (SSSR count). The Bertz CT molecular complexity index is 1250. The number of imidazole rings is 1. The molecule has 0 fully saturated rings. The number of ether oxygens (including phenoxy) is 1. The molecule has 5 nitrogen and oxygen atoms in total. The van der Waals surface area contributed by atoms with E-state index in [1.54, 1.807) is 12.1 Å².